The summed E-state index contributed by atoms with van der Waals surface area (Å²) >= 11 is 1.08. The van der Waals surface area contributed by atoms with E-state index < -0.39 is 12.0 Å². The van der Waals surface area contributed by atoms with E-state index in [9.17, 15) is 14.7 Å². The summed E-state index contributed by atoms with van der Waals surface area (Å²) in [6.07, 6.45) is -0.485. The fraction of sp³-hybridized carbons (Fsp3) is 0.304. The third-order valence-electron chi connectivity index (χ3n) is 4.93. The van der Waals surface area contributed by atoms with Crippen molar-refractivity contribution in [2.24, 2.45) is 0 Å². The highest BCUT2D eigenvalue weighted by atomic mass is 32.1. The van der Waals surface area contributed by atoms with Crippen molar-refractivity contribution >= 4 is 28.5 Å². The summed E-state index contributed by atoms with van der Waals surface area (Å²) in [7, 11) is 1.72. The second-order valence-electron chi connectivity index (χ2n) is 7.74. The van der Waals surface area contributed by atoms with E-state index in [1.165, 1.54) is 0 Å². The zero-order valence-corrected chi connectivity index (χ0v) is 19.7. The maximum Gasteiger partial charge on any atom is 0.257 e. The molecular weight excluding hydrogens is 460 g/mol. The lowest BCUT2D eigenvalue weighted by atomic mass is 10.1. The number of rotatable bonds is 7. The number of anilines is 1. The molecule has 1 atom stereocenters. The van der Waals surface area contributed by atoms with Crippen LogP contribution in [0.1, 0.15) is 33.5 Å². The molecule has 0 radical (unpaired) electrons. The number of aromatic nitrogens is 2. The zero-order valence-electron chi connectivity index (χ0n) is 18.9. The number of amides is 2. The average Bonchev–Trinajstić information content (AvgIpc) is 3.16. The smallest absolute Gasteiger partial charge is 0.257 e. The number of aliphatic hydroxyl groups is 1. The van der Waals surface area contributed by atoms with Gasteiger partial charge in [0, 0.05) is 36.3 Å². The molecule has 3 aromatic rings. The van der Waals surface area contributed by atoms with Crippen molar-refractivity contribution in [2.75, 3.05) is 32.1 Å². The fourth-order valence-corrected chi connectivity index (χ4v) is 3.79. The Morgan fingerprint density at radius 3 is 2.79 bits per heavy atom. The van der Waals surface area contributed by atoms with Crippen LogP contribution in [0.2, 0.25) is 0 Å². The Morgan fingerprint density at radius 1 is 1.26 bits per heavy atom. The zero-order chi connectivity index (χ0) is 24.2. The van der Waals surface area contributed by atoms with Crippen LogP contribution in [0.3, 0.4) is 0 Å². The molecule has 178 valence electrons. The number of carbonyl (C=O) groups is 2. The van der Waals surface area contributed by atoms with Crippen LogP contribution in [0.15, 0.2) is 36.4 Å². The van der Waals surface area contributed by atoms with Gasteiger partial charge in [-0.15, -0.1) is 0 Å². The molecule has 34 heavy (non-hydrogen) atoms. The van der Waals surface area contributed by atoms with Crippen molar-refractivity contribution < 1.29 is 28.9 Å². The average molecular weight is 485 g/mol. The molecule has 2 N–H and O–H groups in total. The summed E-state index contributed by atoms with van der Waals surface area (Å²) in [6, 6.07) is 9.67. The van der Waals surface area contributed by atoms with E-state index in [0.717, 1.165) is 11.5 Å². The lowest BCUT2D eigenvalue weighted by Gasteiger charge is -2.16. The molecule has 2 aromatic carbocycles. The SMILES string of the molecule is Cc1nsc(NC(=O)c2cc(Oc3ccc4c(c3)OCCN(C)C4=O)cc(O[C@@H](C)CO)c2)n1. The number of aryl methyl sites for hydroxylation is 1. The van der Waals surface area contributed by atoms with Crippen LogP contribution in [-0.2, 0) is 0 Å². The summed E-state index contributed by atoms with van der Waals surface area (Å²) in [5, 5.41) is 12.4. The molecule has 1 aliphatic rings. The first kappa shape index (κ1) is 23.5. The van der Waals surface area contributed by atoms with Crippen LogP contribution in [0.4, 0.5) is 5.13 Å². The summed E-state index contributed by atoms with van der Waals surface area (Å²) in [6.45, 7) is 4.10. The molecule has 1 aliphatic heterocycles. The van der Waals surface area contributed by atoms with Crippen molar-refractivity contribution in [1.29, 1.82) is 0 Å². The van der Waals surface area contributed by atoms with Gasteiger partial charge >= 0.3 is 0 Å². The highest BCUT2D eigenvalue weighted by Gasteiger charge is 2.22. The summed E-state index contributed by atoms with van der Waals surface area (Å²) < 4.78 is 21.5. The van der Waals surface area contributed by atoms with Gasteiger partial charge in [-0.3, -0.25) is 14.9 Å². The Bertz CT molecular complexity index is 1210. The molecule has 10 nitrogen and oxygen atoms in total. The minimum Gasteiger partial charge on any atom is -0.491 e. The van der Waals surface area contributed by atoms with E-state index in [4.69, 9.17) is 14.2 Å². The standard InChI is InChI=1S/C23H24N4O6S/c1-13(12-28)32-17-8-15(21(29)25-23-24-14(2)26-34-23)9-18(10-17)33-16-4-5-19-20(11-16)31-7-6-27(3)22(19)30/h4-5,8-11,13,28H,6-7,12H2,1-3H3,(H,24,25,26,29)/t13-/m0/s1. The minimum absolute atomic E-state index is 0.127. The van der Waals surface area contributed by atoms with Crippen LogP contribution in [-0.4, -0.2) is 64.1 Å². The van der Waals surface area contributed by atoms with E-state index in [2.05, 4.69) is 14.7 Å². The van der Waals surface area contributed by atoms with Gasteiger partial charge in [-0.05, 0) is 38.1 Å². The van der Waals surface area contributed by atoms with Gasteiger partial charge in [-0.1, -0.05) is 0 Å². The van der Waals surface area contributed by atoms with E-state index in [0.29, 0.717) is 52.7 Å². The molecule has 0 spiro atoms. The number of benzene rings is 2. The second-order valence-corrected chi connectivity index (χ2v) is 8.49. The fourth-order valence-electron chi connectivity index (χ4n) is 3.21. The van der Waals surface area contributed by atoms with E-state index >= 15 is 0 Å². The van der Waals surface area contributed by atoms with Crippen LogP contribution < -0.4 is 19.5 Å². The minimum atomic E-state index is -0.485. The number of likely N-dealkylation sites (N-methyl/N-ethyl adjacent to an activating group) is 1. The van der Waals surface area contributed by atoms with Crippen LogP contribution in [0, 0.1) is 6.92 Å². The van der Waals surface area contributed by atoms with Gasteiger partial charge < -0.3 is 24.2 Å². The summed E-state index contributed by atoms with van der Waals surface area (Å²) in [5.74, 6) is 1.56. The van der Waals surface area contributed by atoms with Crippen molar-refractivity contribution in [1.82, 2.24) is 14.3 Å². The first-order valence-corrected chi connectivity index (χ1v) is 11.3. The van der Waals surface area contributed by atoms with Gasteiger partial charge in [0.15, 0.2) is 0 Å². The molecular formula is C23H24N4O6S. The van der Waals surface area contributed by atoms with Crippen LogP contribution in [0.5, 0.6) is 23.0 Å². The largest absolute Gasteiger partial charge is 0.491 e. The third-order valence-corrected chi connectivity index (χ3v) is 5.66. The Kier molecular flexibility index (Phi) is 6.94. The van der Waals surface area contributed by atoms with Crippen molar-refractivity contribution in [3.63, 3.8) is 0 Å². The van der Waals surface area contributed by atoms with Crippen molar-refractivity contribution in [3.8, 4) is 23.0 Å². The molecule has 0 saturated heterocycles. The third kappa shape index (κ3) is 5.43. The normalized spacial score (nSPS) is 14.0. The highest BCUT2D eigenvalue weighted by molar-refractivity contribution is 7.09. The number of fused-ring (bicyclic) bond motifs is 1. The monoisotopic (exact) mass is 484 g/mol. The summed E-state index contributed by atoms with van der Waals surface area (Å²) in [5.41, 5.74) is 0.724. The van der Waals surface area contributed by atoms with Gasteiger partial charge in [-0.25, -0.2) is 4.98 Å². The van der Waals surface area contributed by atoms with Gasteiger partial charge in [-0.2, -0.15) is 4.37 Å². The first-order chi connectivity index (χ1) is 16.3. The van der Waals surface area contributed by atoms with E-state index in [1.54, 1.807) is 62.2 Å². The van der Waals surface area contributed by atoms with E-state index in [1.807, 2.05) is 0 Å². The Hall–Kier alpha value is -3.70. The van der Waals surface area contributed by atoms with Gasteiger partial charge in [0.25, 0.3) is 11.8 Å². The summed E-state index contributed by atoms with van der Waals surface area (Å²) in [4.78, 5) is 31.0. The topological polar surface area (TPSA) is 123 Å². The molecule has 11 heteroatoms. The van der Waals surface area contributed by atoms with Crippen molar-refractivity contribution in [2.45, 2.75) is 20.0 Å². The Labute approximate surface area is 200 Å². The lowest BCUT2D eigenvalue weighted by molar-refractivity contribution is 0.0796. The Morgan fingerprint density at radius 2 is 2.06 bits per heavy atom. The Balaban J connectivity index is 1.62. The van der Waals surface area contributed by atoms with Gasteiger partial charge in [0.2, 0.25) is 5.13 Å². The maximum atomic E-state index is 12.8. The molecule has 0 bridgehead atoms. The molecule has 4 rings (SSSR count). The van der Waals surface area contributed by atoms with Crippen molar-refractivity contribution in [3.05, 3.63) is 53.3 Å². The predicted octanol–water partition coefficient (Wildman–Crippen LogP) is 3.12. The number of ether oxygens (including phenoxy) is 3. The number of nitrogens with zero attached hydrogens (tertiary/aromatic N) is 3. The molecule has 2 heterocycles. The number of carbonyl (C=O) groups excluding carboxylic acids is 2. The number of aliphatic hydroxyl groups excluding tert-OH is 1. The molecule has 0 fully saturated rings. The molecule has 0 aliphatic carbocycles. The molecule has 0 saturated carbocycles. The molecule has 2 amide bonds. The lowest BCUT2D eigenvalue weighted by Crippen LogP contribution is -2.27. The quantitative estimate of drug-likeness (QED) is 0.524. The van der Waals surface area contributed by atoms with E-state index in [-0.39, 0.29) is 18.1 Å². The predicted molar refractivity (Wildman–Crippen MR) is 125 cm³/mol. The number of nitrogens with one attached hydrogen (secondary N) is 1. The number of hydrogen-bond acceptors (Lipinski definition) is 9. The van der Waals surface area contributed by atoms with Crippen LogP contribution >= 0.6 is 11.5 Å². The first-order valence-electron chi connectivity index (χ1n) is 10.6. The maximum absolute atomic E-state index is 12.8. The number of hydrogen-bond donors (Lipinski definition) is 2. The van der Waals surface area contributed by atoms with Gasteiger partial charge in [0.05, 0.1) is 18.7 Å². The molecule has 0 unspecified atom stereocenters. The van der Waals surface area contributed by atoms with Gasteiger partial charge in [0.1, 0.15) is 41.5 Å². The second kappa shape index (κ2) is 10.1. The highest BCUT2D eigenvalue weighted by Crippen LogP contribution is 2.33. The molecule has 1 aromatic heterocycles. The van der Waals surface area contributed by atoms with Crippen LogP contribution in [0.25, 0.3) is 0 Å².